The normalized spacial score (nSPS) is 19.6. The van der Waals surface area contributed by atoms with Crippen LogP contribution in [0, 0.1) is 0 Å². The zero-order valence-electron chi connectivity index (χ0n) is 5.75. The third kappa shape index (κ3) is 1.10. The zero-order chi connectivity index (χ0) is 7.52. The topological polar surface area (TPSA) is 40.3 Å². The SMILES string of the molecule is C1=CC=C2C=NN=NN2C=C1. The van der Waals surface area contributed by atoms with E-state index in [2.05, 4.69) is 15.5 Å². The van der Waals surface area contributed by atoms with E-state index in [0.717, 1.165) is 5.70 Å². The van der Waals surface area contributed by atoms with Gasteiger partial charge in [-0.15, -0.1) is 5.10 Å². The minimum atomic E-state index is 0.921. The first-order valence-corrected chi connectivity index (χ1v) is 3.25. The largest absolute Gasteiger partial charge is 0.219 e. The van der Waals surface area contributed by atoms with E-state index in [-0.39, 0.29) is 0 Å². The van der Waals surface area contributed by atoms with Crippen LogP contribution in [0.25, 0.3) is 0 Å². The highest BCUT2D eigenvalue weighted by atomic mass is 15.6. The molecule has 0 spiro atoms. The van der Waals surface area contributed by atoms with E-state index in [1.165, 1.54) is 0 Å². The van der Waals surface area contributed by atoms with Crippen LogP contribution >= 0.6 is 0 Å². The fourth-order valence-electron chi connectivity index (χ4n) is 0.847. The third-order valence-electron chi connectivity index (χ3n) is 1.36. The Hall–Kier alpha value is -1.71. The van der Waals surface area contributed by atoms with Gasteiger partial charge in [0.15, 0.2) is 0 Å². The molecule has 2 rings (SSSR count). The van der Waals surface area contributed by atoms with Crippen LogP contribution in [0.4, 0.5) is 0 Å². The van der Waals surface area contributed by atoms with E-state index in [1.807, 2.05) is 30.5 Å². The van der Waals surface area contributed by atoms with Crippen molar-refractivity contribution in [3.8, 4) is 0 Å². The van der Waals surface area contributed by atoms with E-state index < -0.39 is 0 Å². The van der Waals surface area contributed by atoms with Gasteiger partial charge < -0.3 is 0 Å². The standard InChI is InChI=1S/C7H6N4/c1-2-4-7-6-8-9-10-11(7)5-3-1/h1-6H. The lowest BCUT2D eigenvalue weighted by molar-refractivity contribution is 0.468. The van der Waals surface area contributed by atoms with Crippen LogP contribution in [-0.4, -0.2) is 11.2 Å². The molecule has 0 aromatic carbocycles. The molecule has 0 aliphatic carbocycles. The maximum atomic E-state index is 3.78. The number of rotatable bonds is 0. The summed E-state index contributed by atoms with van der Waals surface area (Å²) in [7, 11) is 0. The van der Waals surface area contributed by atoms with Gasteiger partial charge in [0.25, 0.3) is 0 Å². The summed E-state index contributed by atoms with van der Waals surface area (Å²) in [6.45, 7) is 0. The molecule has 2 aliphatic rings. The highest BCUT2D eigenvalue weighted by Gasteiger charge is 2.05. The van der Waals surface area contributed by atoms with Crippen molar-refractivity contribution in [2.75, 3.05) is 0 Å². The number of hydrogen-bond donors (Lipinski definition) is 0. The molecule has 0 N–H and O–H groups in total. The second-order valence-electron chi connectivity index (χ2n) is 2.09. The van der Waals surface area contributed by atoms with E-state index in [1.54, 1.807) is 11.2 Å². The van der Waals surface area contributed by atoms with Crippen LogP contribution in [0.3, 0.4) is 0 Å². The van der Waals surface area contributed by atoms with Crippen molar-refractivity contribution in [3.05, 3.63) is 36.2 Å². The van der Waals surface area contributed by atoms with E-state index in [9.17, 15) is 0 Å². The first kappa shape index (κ1) is 6.03. The summed E-state index contributed by atoms with van der Waals surface area (Å²) >= 11 is 0. The van der Waals surface area contributed by atoms with Crippen LogP contribution in [0.2, 0.25) is 0 Å². The van der Waals surface area contributed by atoms with Crippen molar-refractivity contribution >= 4 is 6.21 Å². The van der Waals surface area contributed by atoms with E-state index in [0.29, 0.717) is 0 Å². The van der Waals surface area contributed by atoms with Crippen molar-refractivity contribution in [2.24, 2.45) is 15.5 Å². The first-order valence-electron chi connectivity index (χ1n) is 3.25. The number of allylic oxidation sites excluding steroid dienone is 5. The van der Waals surface area contributed by atoms with E-state index in [4.69, 9.17) is 0 Å². The Morgan fingerprint density at radius 1 is 1.18 bits per heavy atom. The molecule has 4 heteroatoms. The minimum Gasteiger partial charge on any atom is -0.219 e. The highest BCUT2D eigenvalue weighted by molar-refractivity contribution is 5.78. The summed E-state index contributed by atoms with van der Waals surface area (Å²) < 4.78 is 0. The lowest BCUT2D eigenvalue weighted by Crippen LogP contribution is -2.11. The van der Waals surface area contributed by atoms with Gasteiger partial charge in [-0.3, -0.25) is 0 Å². The average Bonchev–Trinajstić information content (AvgIpc) is 2.28. The van der Waals surface area contributed by atoms with Gasteiger partial charge in [-0.1, -0.05) is 12.2 Å². The van der Waals surface area contributed by atoms with Crippen LogP contribution < -0.4 is 0 Å². The molecule has 11 heavy (non-hydrogen) atoms. The number of hydrogen-bond acceptors (Lipinski definition) is 4. The first-order chi connectivity index (χ1) is 5.47. The molecule has 0 fully saturated rings. The van der Waals surface area contributed by atoms with E-state index >= 15 is 0 Å². The zero-order valence-corrected chi connectivity index (χ0v) is 5.75. The van der Waals surface area contributed by atoms with Gasteiger partial charge in [0, 0.05) is 6.20 Å². The van der Waals surface area contributed by atoms with Crippen molar-refractivity contribution in [1.29, 1.82) is 0 Å². The lowest BCUT2D eigenvalue weighted by atomic mass is 10.4. The summed E-state index contributed by atoms with van der Waals surface area (Å²) in [5.74, 6) is 0. The molecule has 2 heterocycles. The van der Waals surface area contributed by atoms with Crippen LogP contribution in [0.5, 0.6) is 0 Å². The molecular weight excluding hydrogens is 140 g/mol. The highest BCUT2D eigenvalue weighted by Crippen LogP contribution is 2.11. The van der Waals surface area contributed by atoms with Gasteiger partial charge in [0.2, 0.25) is 0 Å². The molecule has 0 amide bonds. The predicted octanol–water partition coefficient (Wildman–Crippen LogP) is 1.62. The Labute approximate surface area is 63.9 Å². The van der Waals surface area contributed by atoms with Gasteiger partial charge in [0.05, 0.1) is 11.9 Å². The summed E-state index contributed by atoms with van der Waals surface area (Å²) in [6, 6.07) is 0. The Balaban J connectivity index is 2.39. The van der Waals surface area contributed by atoms with Crippen LogP contribution in [0.1, 0.15) is 0 Å². The lowest BCUT2D eigenvalue weighted by Gasteiger charge is -2.12. The Kier molecular flexibility index (Phi) is 1.37. The van der Waals surface area contributed by atoms with Gasteiger partial charge >= 0.3 is 0 Å². The third-order valence-corrected chi connectivity index (χ3v) is 1.36. The van der Waals surface area contributed by atoms with Crippen molar-refractivity contribution in [2.45, 2.75) is 0 Å². The Bertz CT molecular complexity index is 296. The summed E-state index contributed by atoms with van der Waals surface area (Å²) in [6.07, 6.45) is 11.1. The molecule has 0 bridgehead atoms. The second kappa shape index (κ2) is 2.49. The average molecular weight is 146 g/mol. The fourth-order valence-corrected chi connectivity index (χ4v) is 0.847. The Morgan fingerprint density at radius 3 is 3.18 bits per heavy atom. The molecule has 0 aromatic rings. The van der Waals surface area contributed by atoms with Gasteiger partial charge in [-0.25, -0.2) is 5.01 Å². The molecule has 54 valence electrons. The van der Waals surface area contributed by atoms with Gasteiger partial charge in [0.1, 0.15) is 0 Å². The monoisotopic (exact) mass is 146 g/mol. The number of nitrogens with zero attached hydrogens (tertiary/aromatic N) is 4. The quantitative estimate of drug-likeness (QED) is 0.512. The molecular formula is C7H6N4. The molecule has 0 aromatic heterocycles. The smallest absolute Gasteiger partial charge is 0.0865 e. The van der Waals surface area contributed by atoms with Crippen molar-refractivity contribution in [3.63, 3.8) is 0 Å². The summed E-state index contributed by atoms with van der Waals surface area (Å²) in [5, 5.41) is 12.6. The Morgan fingerprint density at radius 2 is 2.18 bits per heavy atom. The van der Waals surface area contributed by atoms with Gasteiger partial charge in [-0.05, 0) is 22.6 Å². The number of fused-ring (bicyclic) bond motifs is 1. The summed E-state index contributed by atoms with van der Waals surface area (Å²) in [4.78, 5) is 0. The van der Waals surface area contributed by atoms with Gasteiger partial charge in [-0.2, -0.15) is 0 Å². The molecule has 4 nitrogen and oxygen atoms in total. The second-order valence-corrected chi connectivity index (χ2v) is 2.09. The fraction of sp³-hybridized carbons (Fsp3) is 0. The minimum absolute atomic E-state index is 0.921. The molecule has 0 saturated heterocycles. The molecule has 2 aliphatic heterocycles. The predicted molar refractivity (Wildman–Crippen MR) is 41.6 cm³/mol. The molecule has 0 radical (unpaired) electrons. The maximum Gasteiger partial charge on any atom is 0.0865 e. The van der Waals surface area contributed by atoms with Crippen molar-refractivity contribution in [1.82, 2.24) is 5.01 Å². The van der Waals surface area contributed by atoms with Crippen LogP contribution in [-0.2, 0) is 0 Å². The molecule has 0 atom stereocenters. The van der Waals surface area contributed by atoms with Crippen molar-refractivity contribution < 1.29 is 0 Å². The maximum absolute atomic E-state index is 3.78. The summed E-state index contributed by atoms with van der Waals surface area (Å²) in [5.41, 5.74) is 0.921. The molecule has 0 unspecified atom stereocenters. The van der Waals surface area contributed by atoms with Crippen LogP contribution in [0.15, 0.2) is 51.7 Å². The molecule has 0 saturated carbocycles.